The molecule has 0 aliphatic rings. The van der Waals surface area contributed by atoms with E-state index in [0.717, 1.165) is 21.3 Å². The number of nitrogens with one attached hydrogen (secondary N) is 2. The first-order chi connectivity index (χ1) is 11.5. The first kappa shape index (κ1) is 18.1. The molecule has 2 N–H and O–H groups in total. The molecule has 2 rings (SSSR count). The van der Waals surface area contributed by atoms with Crippen LogP contribution in [0.2, 0.25) is 5.02 Å². The Labute approximate surface area is 154 Å². The molecule has 122 valence electrons. The SMILES string of the molecule is Cc1cc(N/C=C(/C#N)C(=O)NCc2ccc(Cl)cc2)ccc1Br. The molecule has 0 spiro atoms. The van der Waals surface area contributed by atoms with Crippen LogP contribution in [0, 0.1) is 18.3 Å². The first-order valence-electron chi connectivity index (χ1n) is 7.15. The van der Waals surface area contributed by atoms with Crippen molar-refractivity contribution in [1.29, 1.82) is 5.26 Å². The second kappa shape index (κ2) is 8.53. The molecule has 24 heavy (non-hydrogen) atoms. The monoisotopic (exact) mass is 403 g/mol. The van der Waals surface area contributed by atoms with Crippen molar-refractivity contribution in [2.45, 2.75) is 13.5 Å². The number of nitriles is 1. The van der Waals surface area contributed by atoms with Crippen molar-refractivity contribution < 1.29 is 4.79 Å². The van der Waals surface area contributed by atoms with Crippen LogP contribution in [0.25, 0.3) is 0 Å². The smallest absolute Gasteiger partial charge is 0.263 e. The van der Waals surface area contributed by atoms with Crippen molar-refractivity contribution in [3.63, 3.8) is 0 Å². The van der Waals surface area contributed by atoms with E-state index < -0.39 is 5.91 Å². The van der Waals surface area contributed by atoms with Gasteiger partial charge in [0.05, 0.1) is 0 Å². The lowest BCUT2D eigenvalue weighted by molar-refractivity contribution is -0.117. The van der Waals surface area contributed by atoms with Crippen LogP contribution in [-0.4, -0.2) is 5.91 Å². The average Bonchev–Trinajstić information content (AvgIpc) is 2.58. The summed E-state index contributed by atoms with van der Waals surface area (Å²) in [6.45, 7) is 2.29. The van der Waals surface area contributed by atoms with Crippen molar-refractivity contribution in [2.75, 3.05) is 5.32 Å². The molecule has 0 atom stereocenters. The second-order valence-electron chi connectivity index (χ2n) is 5.09. The normalized spacial score (nSPS) is 10.8. The van der Waals surface area contributed by atoms with Gasteiger partial charge in [-0.15, -0.1) is 0 Å². The van der Waals surface area contributed by atoms with Gasteiger partial charge in [-0.25, -0.2) is 0 Å². The summed E-state index contributed by atoms with van der Waals surface area (Å²) in [4.78, 5) is 12.1. The topological polar surface area (TPSA) is 64.9 Å². The van der Waals surface area contributed by atoms with Crippen LogP contribution in [0.1, 0.15) is 11.1 Å². The van der Waals surface area contributed by atoms with Gasteiger partial charge in [0.25, 0.3) is 5.91 Å². The average molecular weight is 405 g/mol. The number of aryl methyl sites for hydroxylation is 1. The van der Waals surface area contributed by atoms with Crippen LogP contribution in [0.5, 0.6) is 0 Å². The molecule has 1 amide bonds. The number of rotatable bonds is 5. The minimum atomic E-state index is -0.436. The molecule has 0 bridgehead atoms. The summed E-state index contributed by atoms with van der Waals surface area (Å²) >= 11 is 9.24. The maximum Gasteiger partial charge on any atom is 0.263 e. The second-order valence-corrected chi connectivity index (χ2v) is 6.38. The lowest BCUT2D eigenvalue weighted by Gasteiger charge is -2.06. The van der Waals surface area contributed by atoms with E-state index in [1.807, 2.05) is 43.3 Å². The van der Waals surface area contributed by atoms with Crippen molar-refractivity contribution >= 4 is 39.1 Å². The van der Waals surface area contributed by atoms with E-state index in [1.54, 1.807) is 12.1 Å². The fourth-order valence-corrected chi connectivity index (χ4v) is 2.29. The van der Waals surface area contributed by atoms with E-state index >= 15 is 0 Å². The highest BCUT2D eigenvalue weighted by molar-refractivity contribution is 9.10. The number of halogens is 2. The Bertz CT molecular complexity index is 810. The van der Waals surface area contributed by atoms with Crippen molar-refractivity contribution in [3.05, 3.63) is 74.9 Å². The van der Waals surface area contributed by atoms with E-state index in [4.69, 9.17) is 16.9 Å². The molecule has 2 aromatic rings. The number of anilines is 1. The molecule has 4 nitrogen and oxygen atoms in total. The first-order valence-corrected chi connectivity index (χ1v) is 8.32. The molecule has 0 radical (unpaired) electrons. The Morgan fingerprint density at radius 2 is 2.00 bits per heavy atom. The number of carbonyl (C=O) groups excluding carboxylic acids is 1. The molecule has 0 aliphatic carbocycles. The lowest BCUT2D eigenvalue weighted by atomic mass is 10.2. The van der Waals surface area contributed by atoms with E-state index in [-0.39, 0.29) is 5.57 Å². The number of carbonyl (C=O) groups is 1. The van der Waals surface area contributed by atoms with Crippen LogP contribution in [0.4, 0.5) is 5.69 Å². The molecule has 2 aromatic carbocycles. The zero-order valence-electron chi connectivity index (χ0n) is 12.9. The molecular formula is C18H15BrClN3O. The van der Waals surface area contributed by atoms with Gasteiger partial charge in [-0.2, -0.15) is 5.26 Å². The third-order valence-corrected chi connectivity index (χ3v) is 4.41. The summed E-state index contributed by atoms with van der Waals surface area (Å²) in [5, 5.41) is 15.5. The number of nitrogens with zero attached hydrogens (tertiary/aromatic N) is 1. The van der Waals surface area contributed by atoms with E-state index in [1.165, 1.54) is 6.20 Å². The summed E-state index contributed by atoms with van der Waals surface area (Å²) in [7, 11) is 0. The fraction of sp³-hybridized carbons (Fsp3) is 0.111. The molecule has 0 fully saturated rings. The number of hydrogen-bond acceptors (Lipinski definition) is 3. The van der Waals surface area contributed by atoms with Gasteiger partial charge in [-0.3, -0.25) is 4.79 Å². The Kier molecular flexibility index (Phi) is 6.42. The minimum absolute atomic E-state index is 0.00420. The van der Waals surface area contributed by atoms with Gasteiger partial charge in [0.1, 0.15) is 11.6 Å². The molecule has 0 heterocycles. The van der Waals surface area contributed by atoms with Gasteiger partial charge in [0, 0.05) is 27.9 Å². The van der Waals surface area contributed by atoms with E-state index in [2.05, 4.69) is 26.6 Å². The van der Waals surface area contributed by atoms with Gasteiger partial charge in [0.2, 0.25) is 0 Å². The van der Waals surface area contributed by atoms with Crippen LogP contribution < -0.4 is 10.6 Å². The zero-order chi connectivity index (χ0) is 17.5. The predicted octanol–water partition coefficient (Wildman–Crippen LogP) is 4.55. The highest BCUT2D eigenvalue weighted by Crippen LogP contribution is 2.20. The third-order valence-electron chi connectivity index (χ3n) is 3.27. The third kappa shape index (κ3) is 5.12. The van der Waals surface area contributed by atoms with Gasteiger partial charge in [-0.1, -0.05) is 39.7 Å². The summed E-state index contributed by atoms with van der Waals surface area (Å²) in [6.07, 6.45) is 1.40. The Hall–Kier alpha value is -2.29. The molecule has 0 aromatic heterocycles. The van der Waals surface area contributed by atoms with Crippen LogP contribution in [0.3, 0.4) is 0 Å². The van der Waals surface area contributed by atoms with Crippen LogP contribution in [0.15, 0.2) is 58.7 Å². The largest absolute Gasteiger partial charge is 0.360 e. The maximum atomic E-state index is 12.1. The molecule has 6 heteroatoms. The maximum absolute atomic E-state index is 12.1. The minimum Gasteiger partial charge on any atom is -0.360 e. The Morgan fingerprint density at radius 3 is 2.62 bits per heavy atom. The summed E-state index contributed by atoms with van der Waals surface area (Å²) in [6, 6.07) is 14.7. The van der Waals surface area contributed by atoms with Crippen LogP contribution in [-0.2, 0) is 11.3 Å². The van der Waals surface area contributed by atoms with Gasteiger partial charge in [-0.05, 0) is 48.4 Å². The van der Waals surface area contributed by atoms with Crippen molar-refractivity contribution in [2.24, 2.45) is 0 Å². The van der Waals surface area contributed by atoms with Gasteiger partial charge < -0.3 is 10.6 Å². The summed E-state index contributed by atoms with van der Waals surface area (Å²) in [5.74, 6) is -0.436. The molecular weight excluding hydrogens is 390 g/mol. The van der Waals surface area contributed by atoms with Gasteiger partial charge >= 0.3 is 0 Å². The fourth-order valence-electron chi connectivity index (χ4n) is 1.92. The zero-order valence-corrected chi connectivity index (χ0v) is 15.3. The number of hydrogen-bond donors (Lipinski definition) is 2. The van der Waals surface area contributed by atoms with Gasteiger partial charge in [0.15, 0.2) is 0 Å². The summed E-state index contributed by atoms with van der Waals surface area (Å²) in [5.41, 5.74) is 2.76. The van der Waals surface area contributed by atoms with E-state index in [0.29, 0.717) is 11.6 Å². The van der Waals surface area contributed by atoms with Crippen molar-refractivity contribution in [3.8, 4) is 6.07 Å². The van der Waals surface area contributed by atoms with E-state index in [9.17, 15) is 4.79 Å². The quantitative estimate of drug-likeness (QED) is 0.568. The Balaban J connectivity index is 1.98. The highest BCUT2D eigenvalue weighted by Gasteiger charge is 2.08. The lowest BCUT2D eigenvalue weighted by Crippen LogP contribution is -2.24. The highest BCUT2D eigenvalue weighted by atomic mass is 79.9. The molecule has 0 unspecified atom stereocenters. The molecule has 0 aliphatic heterocycles. The number of benzene rings is 2. The summed E-state index contributed by atoms with van der Waals surface area (Å²) < 4.78 is 0.998. The molecule has 0 saturated heterocycles. The Morgan fingerprint density at radius 1 is 1.29 bits per heavy atom. The standard InChI is InChI=1S/C18H15BrClN3O/c1-12-8-16(6-7-17(12)19)22-11-14(9-21)18(24)23-10-13-2-4-15(20)5-3-13/h2-8,11,22H,10H2,1H3,(H,23,24)/b14-11-. The van der Waals surface area contributed by atoms with Crippen molar-refractivity contribution in [1.82, 2.24) is 5.32 Å². The molecule has 0 saturated carbocycles. The van der Waals surface area contributed by atoms with Crippen LogP contribution >= 0.6 is 27.5 Å². The predicted molar refractivity (Wildman–Crippen MR) is 99.5 cm³/mol. The number of amides is 1.